The van der Waals surface area contributed by atoms with E-state index in [2.05, 4.69) is 16.1 Å². The second-order valence-corrected chi connectivity index (χ2v) is 7.62. The summed E-state index contributed by atoms with van der Waals surface area (Å²) in [7, 11) is -2.03. The zero-order chi connectivity index (χ0) is 19.7. The molecule has 0 saturated carbocycles. The molecule has 0 fully saturated rings. The molecule has 144 valence electrons. The van der Waals surface area contributed by atoms with E-state index < -0.39 is 22.0 Å². The second-order valence-electron chi connectivity index (χ2n) is 5.84. The summed E-state index contributed by atoms with van der Waals surface area (Å²) in [6.07, 6.45) is 6.15. The number of benzene rings is 1. The second kappa shape index (κ2) is 10.0. The van der Waals surface area contributed by atoms with Gasteiger partial charge in [0.2, 0.25) is 10.0 Å². The van der Waals surface area contributed by atoms with E-state index in [-0.39, 0.29) is 19.1 Å². The van der Waals surface area contributed by atoms with Crippen molar-refractivity contribution in [1.29, 1.82) is 0 Å². The number of ether oxygens (including phenoxy) is 2. The van der Waals surface area contributed by atoms with Gasteiger partial charge in [0.05, 0.1) is 20.0 Å². The SMILES string of the molecule is C#CCOc1ccc(CONC(=O)[C@@H](NS(C)(=O)=O)C(C)C)cc1OC. The van der Waals surface area contributed by atoms with E-state index >= 15 is 0 Å². The Kier molecular flexibility index (Phi) is 8.38. The van der Waals surface area contributed by atoms with Gasteiger partial charge < -0.3 is 9.47 Å². The third-order valence-corrected chi connectivity index (χ3v) is 3.92. The predicted molar refractivity (Wildman–Crippen MR) is 96.9 cm³/mol. The summed E-state index contributed by atoms with van der Waals surface area (Å²) in [4.78, 5) is 17.3. The van der Waals surface area contributed by atoms with Crippen molar-refractivity contribution in [1.82, 2.24) is 10.2 Å². The quantitative estimate of drug-likeness (QED) is 0.458. The monoisotopic (exact) mass is 384 g/mol. The Balaban J connectivity index is 2.66. The lowest BCUT2D eigenvalue weighted by molar-refractivity contribution is -0.137. The zero-order valence-corrected chi connectivity index (χ0v) is 16.1. The molecule has 0 aromatic heterocycles. The maximum Gasteiger partial charge on any atom is 0.261 e. The molecule has 1 aromatic carbocycles. The molecule has 1 aromatic rings. The van der Waals surface area contributed by atoms with E-state index in [4.69, 9.17) is 20.7 Å². The number of methoxy groups -OCH3 is 1. The number of hydrogen-bond donors (Lipinski definition) is 2. The van der Waals surface area contributed by atoms with Gasteiger partial charge in [0.25, 0.3) is 5.91 Å². The van der Waals surface area contributed by atoms with Crippen LogP contribution in [-0.4, -0.2) is 40.3 Å². The lowest BCUT2D eigenvalue weighted by Crippen LogP contribution is -2.49. The van der Waals surface area contributed by atoms with E-state index in [0.29, 0.717) is 17.1 Å². The fourth-order valence-corrected chi connectivity index (χ4v) is 2.86. The topological polar surface area (TPSA) is 103 Å². The summed E-state index contributed by atoms with van der Waals surface area (Å²) >= 11 is 0. The van der Waals surface area contributed by atoms with E-state index in [1.165, 1.54) is 7.11 Å². The van der Waals surface area contributed by atoms with Crippen molar-refractivity contribution in [2.24, 2.45) is 5.92 Å². The van der Waals surface area contributed by atoms with Crippen LogP contribution in [-0.2, 0) is 26.3 Å². The maximum absolute atomic E-state index is 12.1. The van der Waals surface area contributed by atoms with E-state index in [0.717, 1.165) is 6.26 Å². The highest BCUT2D eigenvalue weighted by Crippen LogP contribution is 2.28. The van der Waals surface area contributed by atoms with Crippen LogP contribution in [0.4, 0.5) is 0 Å². The highest BCUT2D eigenvalue weighted by atomic mass is 32.2. The molecule has 0 aliphatic rings. The van der Waals surface area contributed by atoms with Gasteiger partial charge in [0.1, 0.15) is 12.6 Å². The molecule has 0 radical (unpaired) electrons. The average Bonchev–Trinajstić information content (AvgIpc) is 2.57. The first-order valence-corrected chi connectivity index (χ1v) is 9.69. The molecule has 1 amide bonds. The van der Waals surface area contributed by atoms with Crippen LogP contribution in [0.5, 0.6) is 11.5 Å². The number of carbonyl (C=O) groups is 1. The predicted octanol–water partition coefficient (Wildman–Crippen LogP) is 0.829. The minimum Gasteiger partial charge on any atom is -0.493 e. The average molecular weight is 384 g/mol. The lowest BCUT2D eigenvalue weighted by atomic mass is 10.1. The van der Waals surface area contributed by atoms with Crippen LogP contribution in [0.25, 0.3) is 0 Å². The van der Waals surface area contributed by atoms with Crippen LogP contribution in [0, 0.1) is 18.3 Å². The highest BCUT2D eigenvalue weighted by Gasteiger charge is 2.25. The first-order chi connectivity index (χ1) is 12.2. The molecule has 0 heterocycles. The fourth-order valence-electron chi connectivity index (χ4n) is 2.02. The normalized spacial score (nSPS) is 12.3. The van der Waals surface area contributed by atoms with Gasteiger partial charge in [-0.3, -0.25) is 9.63 Å². The van der Waals surface area contributed by atoms with Crippen molar-refractivity contribution >= 4 is 15.9 Å². The molecular formula is C17H24N2O6S. The molecule has 1 atom stereocenters. The molecule has 2 N–H and O–H groups in total. The molecular weight excluding hydrogens is 360 g/mol. The van der Waals surface area contributed by atoms with Crippen LogP contribution in [0.3, 0.4) is 0 Å². The Morgan fingerprint density at radius 3 is 2.54 bits per heavy atom. The summed E-state index contributed by atoms with van der Waals surface area (Å²) in [5, 5.41) is 0. The van der Waals surface area contributed by atoms with E-state index in [1.807, 2.05) is 0 Å². The molecule has 0 aliphatic heterocycles. The molecule has 9 heteroatoms. The van der Waals surface area contributed by atoms with Gasteiger partial charge in [-0.2, -0.15) is 0 Å². The largest absolute Gasteiger partial charge is 0.493 e. The van der Waals surface area contributed by atoms with Gasteiger partial charge in [-0.05, 0) is 23.6 Å². The summed E-state index contributed by atoms with van der Waals surface area (Å²) in [6.45, 7) is 3.62. The number of sulfonamides is 1. The smallest absolute Gasteiger partial charge is 0.261 e. The van der Waals surface area contributed by atoms with Crippen molar-refractivity contribution in [3.05, 3.63) is 23.8 Å². The number of hydrogen-bond acceptors (Lipinski definition) is 6. The van der Waals surface area contributed by atoms with Gasteiger partial charge in [0.15, 0.2) is 11.5 Å². The number of hydroxylamine groups is 1. The van der Waals surface area contributed by atoms with Gasteiger partial charge in [-0.25, -0.2) is 18.6 Å². The maximum atomic E-state index is 12.1. The zero-order valence-electron chi connectivity index (χ0n) is 15.2. The van der Waals surface area contributed by atoms with Crippen LogP contribution in [0.1, 0.15) is 19.4 Å². The standard InChI is InChI=1S/C17H24N2O6S/c1-6-9-24-14-8-7-13(10-15(14)23-4)11-25-18-17(20)16(12(2)3)19-26(5,21)22/h1,7-8,10,12,16,19H,9,11H2,2-5H3,(H,18,20)/t16-/m0/s1. The highest BCUT2D eigenvalue weighted by molar-refractivity contribution is 7.88. The number of amides is 1. The van der Waals surface area contributed by atoms with Gasteiger partial charge >= 0.3 is 0 Å². The lowest BCUT2D eigenvalue weighted by Gasteiger charge is -2.20. The number of terminal acetylenes is 1. The Labute approximate surface area is 154 Å². The molecule has 0 aliphatic carbocycles. The first kappa shape index (κ1) is 21.8. The van der Waals surface area contributed by atoms with Crippen molar-refractivity contribution in [2.45, 2.75) is 26.5 Å². The first-order valence-electron chi connectivity index (χ1n) is 7.80. The Morgan fingerprint density at radius 1 is 1.31 bits per heavy atom. The van der Waals surface area contributed by atoms with Gasteiger partial charge in [-0.15, -0.1) is 6.42 Å². The van der Waals surface area contributed by atoms with Crippen LogP contribution < -0.4 is 19.7 Å². The van der Waals surface area contributed by atoms with Gasteiger partial charge in [-0.1, -0.05) is 25.8 Å². The Morgan fingerprint density at radius 2 is 2.00 bits per heavy atom. The molecule has 0 spiro atoms. The molecule has 1 rings (SSSR count). The molecule has 26 heavy (non-hydrogen) atoms. The minimum atomic E-state index is -3.52. The number of rotatable bonds is 10. The molecule has 0 bridgehead atoms. The van der Waals surface area contributed by atoms with Gasteiger partial charge in [0, 0.05) is 0 Å². The summed E-state index contributed by atoms with van der Waals surface area (Å²) in [5.74, 6) is 2.51. The summed E-state index contributed by atoms with van der Waals surface area (Å²) in [5.41, 5.74) is 2.97. The van der Waals surface area contributed by atoms with Crippen LogP contribution in [0.15, 0.2) is 18.2 Å². The van der Waals surface area contributed by atoms with Crippen molar-refractivity contribution in [2.75, 3.05) is 20.0 Å². The number of nitrogens with one attached hydrogen (secondary N) is 2. The van der Waals surface area contributed by atoms with Crippen molar-refractivity contribution < 1.29 is 27.5 Å². The van der Waals surface area contributed by atoms with Crippen LogP contribution in [0.2, 0.25) is 0 Å². The Bertz CT molecular complexity index is 755. The van der Waals surface area contributed by atoms with E-state index in [1.54, 1.807) is 32.0 Å². The Hall–Kier alpha value is -2.28. The van der Waals surface area contributed by atoms with Crippen molar-refractivity contribution in [3.8, 4) is 23.8 Å². The minimum absolute atomic E-state index is 0.0568. The van der Waals surface area contributed by atoms with Crippen molar-refractivity contribution in [3.63, 3.8) is 0 Å². The summed E-state index contributed by atoms with van der Waals surface area (Å²) in [6, 6.07) is 4.17. The summed E-state index contributed by atoms with van der Waals surface area (Å²) < 4.78 is 35.5. The number of carbonyl (C=O) groups excluding carboxylic acids is 1. The fraction of sp³-hybridized carbons (Fsp3) is 0.471. The third kappa shape index (κ3) is 7.31. The molecule has 0 saturated heterocycles. The van der Waals surface area contributed by atoms with E-state index in [9.17, 15) is 13.2 Å². The molecule has 8 nitrogen and oxygen atoms in total. The third-order valence-electron chi connectivity index (χ3n) is 3.24. The molecule has 0 unspecified atom stereocenters. The van der Waals surface area contributed by atoms with Crippen LogP contribution >= 0.6 is 0 Å².